The van der Waals surface area contributed by atoms with Crippen molar-refractivity contribution in [3.63, 3.8) is 0 Å². The van der Waals surface area contributed by atoms with Gasteiger partial charge < -0.3 is 15.1 Å². The van der Waals surface area contributed by atoms with Crippen LogP contribution in [0.15, 0.2) is 48.7 Å². The Bertz CT molecular complexity index is 529. The fourth-order valence-electron chi connectivity index (χ4n) is 2.07. The first-order valence-corrected chi connectivity index (χ1v) is 6.74. The van der Waals surface area contributed by atoms with Gasteiger partial charge >= 0.3 is 0 Å². The molecule has 0 saturated heterocycles. The van der Waals surface area contributed by atoms with E-state index in [2.05, 4.69) is 4.98 Å². The molecule has 0 aliphatic carbocycles. The number of anilines is 1. The molecule has 2 aromatic rings. The fraction of sp³-hybridized carbons (Fsp3) is 0.312. The van der Waals surface area contributed by atoms with Gasteiger partial charge in [-0.3, -0.25) is 0 Å². The van der Waals surface area contributed by atoms with E-state index < -0.39 is 6.10 Å². The van der Waals surface area contributed by atoms with Crippen LogP contribution in [0.4, 0.5) is 5.82 Å². The van der Waals surface area contributed by atoms with Crippen LogP contribution in [-0.2, 0) is 6.54 Å². The molecular weight excluding hydrogens is 252 g/mol. The largest absolute Gasteiger partial charge is 0.395 e. The molecule has 0 spiro atoms. The zero-order chi connectivity index (χ0) is 14.4. The summed E-state index contributed by atoms with van der Waals surface area (Å²) in [4.78, 5) is 6.34. The number of benzene rings is 1. The summed E-state index contributed by atoms with van der Waals surface area (Å²) >= 11 is 0. The van der Waals surface area contributed by atoms with E-state index in [1.54, 1.807) is 19.2 Å². The number of hydrogen-bond donors (Lipinski definition) is 2. The Hall–Kier alpha value is -1.91. The van der Waals surface area contributed by atoms with E-state index >= 15 is 0 Å². The Morgan fingerprint density at radius 1 is 1.20 bits per heavy atom. The van der Waals surface area contributed by atoms with E-state index in [4.69, 9.17) is 0 Å². The van der Waals surface area contributed by atoms with Crippen LogP contribution in [0.1, 0.15) is 24.2 Å². The summed E-state index contributed by atoms with van der Waals surface area (Å²) in [6.07, 6.45) is 1.16. The quantitative estimate of drug-likeness (QED) is 0.846. The molecule has 0 fully saturated rings. The van der Waals surface area contributed by atoms with Crippen LogP contribution in [0.25, 0.3) is 0 Å². The molecule has 0 bridgehead atoms. The van der Waals surface area contributed by atoms with Gasteiger partial charge in [0.25, 0.3) is 0 Å². The van der Waals surface area contributed by atoms with Crippen molar-refractivity contribution in [3.8, 4) is 0 Å². The smallest absolute Gasteiger partial charge is 0.129 e. The van der Waals surface area contributed by atoms with Crippen LogP contribution in [0, 0.1) is 0 Å². The maximum atomic E-state index is 9.65. The van der Waals surface area contributed by atoms with Crippen LogP contribution in [0.2, 0.25) is 0 Å². The van der Waals surface area contributed by atoms with Crippen LogP contribution >= 0.6 is 0 Å². The maximum absolute atomic E-state index is 9.65. The minimum absolute atomic E-state index is 0.0629. The average Bonchev–Trinajstić information content (AvgIpc) is 2.48. The molecule has 4 nitrogen and oxygen atoms in total. The second-order valence-corrected chi connectivity index (χ2v) is 4.75. The highest BCUT2D eigenvalue weighted by atomic mass is 16.3. The normalized spacial score (nSPS) is 12.2. The van der Waals surface area contributed by atoms with E-state index in [1.165, 1.54) is 0 Å². The first-order valence-electron chi connectivity index (χ1n) is 6.74. The average molecular weight is 272 g/mol. The highest BCUT2D eigenvalue weighted by Gasteiger charge is 2.10. The molecule has 1 aromatic carbocycles. The number of aromatic nitrogens is 1. The van der Waals surface area contributed by atoms with Gasteiger partial charge in [-0.15, -0.1) is 0 Å². The summed E-state index contributed by atoms with van der Waals surface area (Å²) in [6, 6.07) is 13.7. The standard InChI is InChI=1S/C16H20N2O2/c1-13(20)15-7-8-17-16(11-15)18(9-10-19)12-14-5-3-2-4-6-14/h2-8,11,13,19-20H,9-10,12H2,1H3/t13-/m0/s1. The third-order valence-electron chi connectivity index (χ3n) is 3.16. The van der Waals surface area contributed by atoms with Gasteiger partial charge in [0.1, 0.15) is 5.82 Å². The fourth-order valence-corrected chi connectivity index (χ4v) is 2.07. The first-order chi connectivity index (χ1) is 9.70. The van der Waals surface area contributed by atoms with Crippen molar-refractivity contribution in [2.75, 3.05) is 18.1 Å². The molecule has 1 atom stereocenters. The van der Waals surface area contributed by atoms with Crippen molar-refractivity contribution in [1.29, 1.82) is 0 Å². The molecule has 1 heterocycles. The molecule has 0 unspecified atom stereocenters. The van der Waals surface area contributed by atoms with Crippen molar-refractivity contribution >= 4 is 5.82 Å². The Morgan fingerprint density at radius 2 is 1.95 bits per heavy atom. The molecule has 0 radical (unpaired) electrons. The number of rotatable bonds is 6. The highest BCUT2D eigenvalue weighted by Crippen LogP contribution is 2.19. The molecule has 2 N–H and O–H groups in total. The van der Waals surface area contributed by atoms with Crippen molar-refractivity contribution < 1.29 is 10.2 Å². The lowest BCUT2D eigenvalue weighted by Crippen LogP contribution is -2.27. The summed E-state index contributed by atoms with van der Waals surface area (Å²) in [7, 11) is 0. The van der Waals surface area contributed by atoms with Gasteiger partial charge in [0.15, 0.2) is 0 Å². The Balaban J connectivity index is 2.21. The lowest BCUT2D eigenvalue weighted by atomic mass is 10.1. The Kier molecular flexibility index (Phi) is 5.09. The molecule has 20 heavy (non-hydrogen) atoms. The third-order valence-corrected chi connectivity index (χ3v) is 3.16. The van der Waals surface area contributed by atoms with Crippen molar-refractivity contribution in [1.82, 2.24) is 4.98 Å². The molecule has 0 saturated carbocycles. The maximum Gasteiger partial charge on any atom is 0.129 e. The zero-order valence-electron chi connectivity index (χ0n) is 11.6. The number of aliphatic hydroxyl groups is 2. The van der Waals surface area contributed by atoms with Crippen LogP contribution in [0.3, 0.4) is 0 Å². The third kappa shape index (κ3) is 3.79. The van der Waals surface area contributed by atoms with E-state index in [-0.39, 0.29) is 6.61 Å². The molecule has 2 rings (SSSR count). The first kappa shape index (κ1) is 14.5. The summed E-state index contributed by atoms with van der Waals surface area (Å²) in [6.45, 7) is 2.98. The van der Waals surface area contributed by atoms with Gasteiger partial charge in [0.05, 0.1) is 12.7 Å². The van der Waals surface area contributed by atoms with Gasteiger partial charge in [0, 0.05) is 19.3 Å². The van der Waals surface area contributed by atoms with E-state index in [0.717, 1.165) is 16.9 Å². The summed E-state index contributed by atoms with van der Waals surface area (Å²) in [5.74, 6) is 0.765. The molecular formula is C16H20N2O2. The van der Waals surface area contributed by atoms with Crippen LogP contribution < -0.4 is 4.90 Å². The summed E-state index contributed by atoms with van der Waals surface area (Å²) in [5, 5.41) is 18.9. The minimum atomic E-state index is -0.524. The Labute approximate surface area is 119 Å². The molecule has 1 aromatic heterocycles. The van der Waals surface area contributed by atoms with Gasteiger partial charge in [-0.2, -0.15) is 0 Å². The highest BCUT2D eigenvalue weighted by molar-refractivity contribution is 5.42. The lowest BCUT2D eigenvalue weighted by molar-refractivity contribution is 0.199. The molecule has 0 aliphatic rings. The number of pyridine rings is 1. The van der Waals surface area contributed by atoms with Crippen molar-refractivity contribution in [3.05, 3.63) is 59.8 Å². The lowest BCUT2D eigenvalue weighted by Gasteiger charge is -2.23. The SMILES string of the molecule is C[C@H](O)c1ccnc(N(CCO)Cc2ccccc2)c1. The van der Waals surface area contributed by atoms with Gasteiger partial charge in [-0.25, -0.2) is 4.98 Å². The monoisotopic (exact) mass is 272 g/mol. The van der Waals surface area contributed by atoms with Crippen molar-refractivity contribution in [2.45, 2.75) is 19.6 Å². The van der Waals surface area contributed by atoms with Gasteiger partial charge in [0.2, 0.25) is 0 Å². The topological polar surface area (TPSA) is 56.6 Å². The number of aliphatic hydroxyl groups excluding tert-OH is 2. The van der Waals surface area contributed by atoms with E-state index in [0.29, 0.717) is 13.1 Å². The molecule has 106 valence electrons. The number of nitrogens with zero attached hydrogens (tertiary/aromatic N) is 2. The van der Waals surface area contributed by atoms with Gasteiger partial charge in [-0.1, -0.05) is 30.3 Å². The summed E-state index contributed by atoms with van der Waals surface area (Å²) in [5.41, 5.74) is 1.98. The predicted octanol–water partition coefficient (Wildman–Crippen LogP) is 2.13. The number of hydrogen-bond acceptors (Lipinski definition) is 4. The minimum Gasteiger partial charge on any atom is -0.395 e. The zero-order valence-corrected chi connectivity index (χ0v) is 11.6. The van der Waals surface area contributed by atoms with Crippen molar-refractivity contribution in [2.24, 2.45) is 0 Å². The second-order valence-electron chi connectivity index (χ2n) is 4.75. The second kappa shape index (κ2) is 7.03. The molecule has 0 amide bonds. The van der Waals surface area contributed by atoms with E-state index in [1.807, 2.05) is 41.3 Å². The summed E-state index contributed by atoms with van der Waals surface area (Å²) < 4.78 is 0. The van der Waals surface area contributed by atoms with Crippen LogP contribution in [-0.4, -0.2) is 28.3 Å². The van der Waals surface area contributed by atoms with Gasteiger partial charge in [-0.05, 0) is 30.2 Å². The van der Waals surface area contributed by atoms with E-state index in [9.17, 15) is 10.2 Å². The molecule has 4 heteroatoms. The molecule has 0 aliphatic heterocycles. The predicted molar refractivity (Wildman–Crippen MR) is 79.4 cm³/mol. The van der Waals surface area contributed by atoms with Crippen LogP contribution in [0.5, 0.6) is 0 Å². The Morgan fingerprint density at radius 3 is 2.60 bits per heavy atom.